The summed E-state index contributed by atoms with van der Waals surface area (Å²) < 4.78 is 4.01. The highest BCUT2D eigenvalue weighted by Crippen LogP contribution is 2.17. The Hall–Kier alpha value is -3.75. The summed E-state index contributed by atoms with van der Waals surface area (Å²) >= 11 is 0. The number of benzene rings is 1. The molecular formula is C23H27N5O4. The lowest BCUT2D eigenvalue weighted by atomic mass is 10.2. The van der Waals surface area contributed by atoms with Crippen molar-refractivity contribution in [3.63, 3.8) is 0 Å². The van der Waals surface area contributed by atoms with Crippen molar-refractivity contribution in [2.75, 3.05) is 0 Å². The predicted octanol–water partition coefficient (Wildman–Crippen LogP) is 3.87. The standard InChI is InChI=1S/C23H27N5O4/c1-3-5-14-25-20(21(28(31)32)22(29)26(23(25)30)15-6-4-2)13-12-18-16-24-27(17-18)19-10-8-7-9-11-19/h7-13,16-17H,3-6,14-15H2,1-2H3/b13-12+. The summed E-state index contributed by atoms with van der Waals surface area (Å²) in [4.78, 5) is 37.0. The van der Waals surface area contributed by atoms with Crippen molar-refractivity contribution in [2.45, 2.75) is 52.6 Å². The topological polar surface area (TPSA) is 105 Å². The second kappa shape index (κ2) is 10.5. The molecule has 0 radical (unpaired) electrons. The quantitative estimate of drug-likeness (QED) is 0.354. The van der Waals surface area contributed by atoms with E-state index in [4.69, 9.17) is 0 Å². The van der Waals surface area contributed by atoms with Crippen LogP contribution in [0.4, 0.5) is 5.69 Å². The number of nitro groups is 1. The Bertz CT molecular complexity index is 1220. The lowest BCUT2D eigenvalue weighted by Crippen LogP contribution is -2.42. The normalized spacial score (nSPS) is 11.3. The maximum absolute atomic E-state index is 13.1. The van der Waals surface area contributed by atoms with Crippen LogP contribution in [0.1, 0.15) is 50.8 Å². The average molecular weight is 438 g/mol. The second-order valence-electron chi connectivity index (χ2n) is 7.48. The van der Waals surface area contributed by atoms with Crippen molar-refractivity contribution in [2.24, 2.45) is 0 Å². The predicted molar refractivity (Wildman–Crippen MR) is 124 cm³/mol. The third kappa shape index (κ3) is 4.93. The maximum Gasteiger partial charge on any atom is 0.357 e. The fraction of sp³-hybridized carbons (Fsp3) is 0.348. The van der Waals surface area contributed by atoms with Gasteiger partial charge in [0.15, 0.2) is 0 Å². The fourth-order valence-corrected chi connectivity index (χ4v) is 3.41. The summed E-state index contributed by atoms with van der Waals surface area (Å²) in [5, 5.41) is 16.1. The van der Waals surface area contributed by atoms with E-state index in [2.05, 4.69) is 5.10 Å². The molecule has 0 atom stereocenters. The maximum atomic E-state index is 13.1. The number of nitrogens with zero attached hydrogens (tertiary/aromatic N) is 5. The zero-order valence-corrected chi connectivity index (χ0v) is 18.3. The van der Waals surface area contributed by atoms with E-state index in [1.807, 2.05) is 44.2 Å². The number of unbranched alkanes of at least 4 members (excludes halogenated alkanes) is 2. The van der Waals surface area contributed by atoms with Gasteiger partial charge in [-0.3, -0.25) is 24.0 Å². The Morgan fingerprint density at radius 2 is 1.66 bits per heavy atom. The highest BCUT2D eigenvalue weighted by atomic mass is 16.6. The third-order valence-corrected chi connectivity index (χ3v) is 5.15. The Morgan fingerprint density at radius 3 is 2.28 bits per heavy atom. The first-order chi connectivity index (χ1) is 15.5. The number of hydrogen-bond donors (Lipinski definition) is 0. The summed E-state index contributed by atoms with van der Waals surface area (Å²) in [6.07, 6.45) is 9.31. The van der Waals surface area contributed by atoms with Crippen LogP contribution in [-0.2, 0) is 13.1 Å². The Labute approximate surface area is 185 Å². The van der Waals surface area contributed by atoms with Crippen molar-refractivity contribution in [1.82, 2.24) is 18.9 Å². The monoisotopic (exact) mass is 437 g/mol. The van der Waals surface area contributed by atoms with Crippen LogP contribution in [0.3, 0.4) is 0 Å². The summed E-state index contributed by atoms with van der Waals surface area (Å²) in [6, 6.07) is 9.52. The van der Waals surface area contributed by atoms with Gasteiger partial charge in [0.2, 0.25) is 0 Å². The average Bonchev–Trinajstić information content (AvgIpc) is 3.26. The first-order valence-corrected chi connectivity index (χ1v) is 10.8. The fourth-order valence-electron chi connectivity index (χ4n) is 3.41. The highest BCUT2D eigenvalue weighted by molar-refractivity contribution is 5.71. The summed E-state index contributed by atoms with van der Waals surface area (Å²) in [5.74, 6) is 0. The number of aromatic nitrogens is 4. The summed E-state index contributed by atoms with van der Waals surface area (Å²) in [6.45, 7) is 4.36. The first-order valence-electron chi connectivity index (χ1n) is 10.8. The van der Waals surface area contributed by atoms with Gasteiger partial charge in [-0.15, -0.1) is 0 Å². The van der Waals surface area contributed by atoms with Crippen LogP contribution in [0, 0.1) is 10.1 Å². The molecule has 2 heterocycles. The minimum absolute atomic E-state index is 0.0126. The molecule has 1 aromatic carbocycles. The molecule has 2 aromatic heterocycles. The molecule has 0 aliphatic rings. The Balaban J connectivity index is 2.10. The molecular weight excluding hydrogens is 410 g/mol. The minimum Gasteiger partial charge on any atom is -0.287 e. The van der Waals surface area contributed by atoms with Gasteiger partial charge in [0.05, 0.1) is 16.8 Å². The molecule has 9 heteroatoms. The molecule has 168 valence electrons. The van der Waals surface area contributed by atoms with Crippen LogP contribution in [0.15, 0.2) is 52.3 Å². The first kappa shape index (κ1) is 22.9. The van der Waals surface area contributed by atoms with E-state index in [1.165, 1.54) is 10.6 Å². The number of para-hydroxylation sites is 1. The number of hydrogen-bond acceptors (Lipinski definition) is 5. The summed E-state index contributed by atoms with van der Waals surface area (Å²) in [7, 11) is 0. The third-order valence-electron chi connectivity index (χ3n) is 5.15. The Morgan fingerprint density at radius 1 is 1.00 bits per heavy atom. The molecule has 0 bridgehead atoms. The van der Waals surface area contributed by atoms with Crippen molar-refractivity contribution in [3.05, 3.63) is 84.9 Å². The van der Waals surface area contributed by atoms with Gasteiger partial charge in [-0.1, -0.05) is 44.9 Å². The molecule has 3 rings (SSSR count). The Kier molecular flexibility index (Phi) is 7.54. The zero-order valence-electron chi connectivity index (χ0n) is 18.3. The van der Waals surface area contributed by atoms with E-state index in [1.54, 1.807) is 23.2 Å². The van der Waals surface area contributed by atoms with E-state index in [0.717, 1.165) is 23.1 Å². The molecule has 9 nitrogen and oxygen atoms in total. The van der Waals surface area contributed by atoms with Crippen LogP contribution in [0.2, 0.25) is 0 Å². The highest BCUT2D eigenvalue weighted by Gasteiger charge is 2.26. The van der Waals surface area contributed by atoms with E-state index in [0.29, 0.717) is 24.9 Å². The van der Waals surface area contributed by atoms with Crippen LogP contribution < -0.4 is 11.2 Å². The molecule has 0 aliphatic carbocycles. The van der Waals surface area contributed by atoms with Gasteiger partial charge in [0.25, 0.3) is 0 Å². The zero-order chi connectivity index (χ0) is 23.1. The lowest BCUT2D eigenvalue weighted by Gasteiger charge is -2.13. The van der Waals surface area contributed by atoms with Gasteiger partial charge in [-0.25, -0.2) is 9.48 Å². The van der Waals surface area contributed by atoms with Crippen molar-refractivity contribution < 1.29 is 4.92 Å². The van der Waals surface area contributed by atoms with Gasteiger partial charge in [0.1, 0.15) is 5.69 Å². The van der Waals surface area contributed by atoms with Crippen LogP contribution in [0.25, 0.3) is 17.8 Å². The number of rotatable bonds is 10. The van der Waals surface area contributed by atoms with E-state index in [-0.39, 0.29) is 12.2 Å². The molecule has 0 unspecified atom stereocenters. The molecule has 32 heavy (non-hydrogen) atoms. The van der Waals surface area contributed by atoms with Crippen molar-refractivity contribution >= 4 is 17.8 Å². The lowest BCUT2D eigenvalue weighted by molar-refractivity contribution is -0.387. The summed E-state index contributed by atoms with van der Waals surface area (Å²) in [5.41, 5.74) is -0.380. The minimum atomic E-state index is -0.860. The van der Waals surface area contributed by atoms with Crippen LogP contribution in [0.5, 0.6) is 0 Å². The SMILES string of the molecule is CCCCn1c(/C=C/c2cnn(-c3ccccc3)c2)c([N+](=O)[O-])c(=O)n(CCCC)c1=O. The molecule has 0 saturated heterocycles. The molecule has 0 N–H and O–H groups in total. The smallest absolute Gasteiger partial charge is 0.287 e. The molecule has 0 amide bonds. The van der Waals surface area contributed by atoms with E-state index >= 15 is 0 Å². The molecule has 3 aromatic rings. The van der Waals surface area contributed by atoms with Crippen LogP contribution in [-0.4, -0.2) is 23.8 Å². The van der Waals surface area contributed by atoms with Crippen molar-refractivity contribution in [1.29, 1.82) is 0 Å². The van der Waals surface area contributed by atoms with E-state index in [9.17, 15) is 19.7 Å². The van der Waals surface area contributed by atoms with E-state index < -0.39 is 21.9 Å². The molecule has 0 fully saturated rings. The largest absolute Gasteiger partial charge is 0.357 e. The van der Waals surface area contributed by atoms with Gasteiger partial charge >= 0.3 is 16.9 Å². The van der Waals surface area contributed by atoms with Crippen molar-refractivity contribution in [3.8, 4) is 5.69 Å². The van der Waals surface area contributed by atoms with Gasteiger partial charge in [-0.2, -0.15) is 5.10 Å². The van der Waals surface area contributed by atoms with Crippen LogP contribution >= 0.6 is 0 Å². The molecule has 0 aliphatic heterocycles. The molecule has 0 saturated carbocycles. The second-order valence-corrected chi connectivity index (χ2v) is 7.48. The van der Waals surface area contributed by atoms with Gasteiger partial charge < -0.3 is 0 Å². The van der Waals surface area contributed by atoms with Gasteiger partial charge in [-0.05, 0) is 37.1 Å². The molecule has 0 spiro atoms. The van der Waals surface area contributed by atoms with Gasteiger partial charge in [0, 0.05) is 24.8 Å².